The van der Waals surface area contributed by atoms with Gasteiger partial charge in [0, 0.05) is 4.47 Å². The molecule has 0 unspecified atom stereocenters. The van der Waals surface area contributed by atoms with Gasteiger partial charge in [-0.25, -0.2) is 14.2 Å². The molecule has 6 heteroatoms. The Bertz CT molecular complexity index is 639. The molecule has 1 aromatic carbocycles. The number of ether oxygens (including phenoxy) is 1. The van der Waals surface area contributed by atoms with Gasteiger partial charge < -0.3 is 9.15 Å². The molecule has 0 bridgehead atoms. The van der Waals surface area contributed by atoms with Crippen molar-refractivity contribution in [2.24, 2.45) is 0 Å². The van der Waals surface area contributed by atoms with Crippen molar-refractivity contribution in [1.29, 1.82) is 0 Å². The van der Waals surface area contributed by atoms with Crippen LogP contribution >= 0.6 is 15.9 Å². The van der Waals surface area contributed by atoms with Crippen molar-refractivity contribution in [2.45, 2.75) is 19.8 Å². The molecule has 0 atom stereocenters. The van der Waals surface area contributed by atoms with Crippen molar-refractivity contribution in [3.05, 3.63) is 39.9 Å². The van der Waals surface area contributed by atoms with Gasteiger partial charge in [0.2, 0.25) is 11.7 Å². The van der Waals surface area contributed by atoms with Crippen molar-refractivity contribution in [1.82, 2.24) is 4.98 Å². The fourth-order valence-electron chi connectivity index (χ4n) is 1.79. The summed E-state index contributed by atoms with van der Waals surface area (Å²) in [5.41, 5.74) is 1.13. The number of carbonyl (C=O) groups excluding carboxylic acids is 1. The smallest absolute Gasteiger partial charge is 0.376 e. The first-order valence-electron chi connectivity index (χ1n) is 6.10. The number of hydrogen-bond donors (Lipinski definition) is 0. The molecular weight excluding hydrogens is 329 g/mol. The molecule has 106 valence electrons. The number of benzene rings is 1. The predicted octanol–water partition coefficient (Wildman–Crippen LogP) is 3.98. The minimum absolute atomic E-state index is 0.0978. The van der Waals surface area contributed by atoms with Crippen LogP contribution in [0, 0.1) is 5.82 Å². The first-order chi connectivity index (χ1) is 9.56. The predicted molar refractivity (Wildman–Crippen MR) is 74.9 cm³/mol. The molecule has 2 rings (SSSR count). The molecule has 0 fully saturated rings. The number of esters is 1. The molecule has 0 aliphatic rings. The minimum Gasteiger partial charge on any atom is -0.463 e. The average molecular weight is 342 g/mol. The Labute approximate surface area is 124 Å². The largest absolute Gasteiger partial charge is 0.463 e. The number of hydrogen-bond acceptors (Lipinski definition) is 4. The number of oxazole rings is 1. The lowest BCUT2D eigenvalue weighted by Gasteiger charge is -1.99. The first kappa shape index (κ1) is 14.7. The van der Waals surface area contributed by atoms with Crippen LogP contribution in [0.3, 0.4) is 0 Å². The van der Waals surface area contributed by atoms with E-state index in [4.69, 9.17) is 4.42 Å². The van der Waals surface area contributed by atoms with E-state index in [1.54, 1.807) is 6.07 Å². The molecule has 1 aromatic heterocycles. The maximum absolute atomic E-state index is 13.1. The molecule has 4 nitrogen and oxygen atoms in total. The molecule has 0 amide bonds. The second kappa shape index (κ2) is 6.17. The van der Waals surface area contributed by atoms with Crippen molar-refractivity contribution in [3.63, 3.8) is 0 Å². The van der Waals surface area contributed by atoms with Crippen molar-refractivity contribution >= 4 is 21.9 Å². The SMILES string of the molecule is CCCc1nc(-c2ccc(F)cc2Br)oc1C(=O)OC. The molecular formula is C14H13BrFNO3. The zero-order valence-corrected chi connectivity index (χ0v) is 12.7. The molecule has 0 saturated carbocycles. The highest BCUT2D eigenvalue weighted by Gasteiger charge is 2.22. The van der Waals surface area contributed by atoms with Crippen LogP contribution in [0.5, 0.6) is 0 Å². The lowest BCUT2D eigenvalue weighted by atomic mass is 10.2. The molecule has 0 aliphatic heterocycles. The summed E-state index contributed by atoms with van der Waals surface area (Å²) < 4.78 is 23.8. The van der Waals surface area contributed by atoms with Crippen molar-refractivity contribution < 1.29 is 18.3 Å². The third-order valence-corrected chi connectivity index (χ3v) is 3.37. The Balaban J connectivity index is 2.49. The van der Waals surface area contributed by atoms with E-state index in [1.165, 1.54) is 19.2 Å². The summed E-state index contributed by atoms with van der Waals surface area (Å²) >= 11 is 3.25. The normalized spacial score (nSPS) is 10.6. The highest BCUT2D eigenvalue weighted by atomic mass is 79.9. The van der Waals surface area contributed by atoms with Gasteiger partial charge >= 0.3 is 5.97 Å². The summed E-state index contributed by atoms with van der Waals surface area (Å²) in [7, 11) is 1.29. The second-order valence-corrected chi connectivity index (χ2v) is 5.01. The number of aromatic nitrogens is 1. The molecule has 1 heterocycles. The Morgan fingerprint density at radius 1 is 1.50 bits per heavy atom. The summed E-state index contributed by atoms with van der Waals surface area (Å²) in [6.07, 6.45) is 1.42. The van der Waals surface area contributed by atoms with Gasteiger partial charge in [0.25, 0.3) is 0 Å². The minimum atomic E-state index is -0.564. The third kappa shape index (κ3) is 2.90. The summed E-state index contributed by atoms with van der Waals surface area (Å²) in [6, 6.07) is 4.17. The van der Waals surface area contributed by atoms with Gasteiger partial charge in [0.1, 0.15) is 5.82 Å². The van der Waals surface area contributed by atoms with Crippen LogP contribution in [-0.4, -0.2) is 18.1 Å². The summed E-state index contributed by atoms with van der Waals surface area (Å²) in [5.74, 6) is -0.569. The molecule has 0 spiro atoms. The number of rotatable bonds is 4. The monoisotopic (exact) mass is 341 g/mol. The number of aryl methyl sites for hydroxylation is 1. The van der Waals surface area contributed by atoms with Crippen LogP contribution in [-0.2, 0) is 11.2 Å². The van der Waals surface area contributed by atoms with E-state index in [-0.39, 0.29) is 17.5 Å². The van der Waals surface area contributed by atoms with Crippen LogP contribution in [0.25, 0.3) is 11.5 Å². The van der Waals surface area contributed by atoms with Gasteiger partial charge in [-0.2, -0.15) is 0 Å². The molecule has 0 saturated heterocycles. The molecule has 0 aliphatic carbocycles. The Hall–Kier alpha value is -1.69. The van der Waals surface area contributed by atoms with E-state index >= 15 is 0 Å². The molecule has 20 heavy (non-hydrogen) atoms. The first-order valence-corrected chi connectivity index (χ1v) is 6.89. The summed E-state index contributed by atoms with van der Waals surface area (Å²) in [6.45, 7) is 1.98. The van der Waals surface area contributed by atoms with Crippen molar-refractivity contribution in [2.75, 3.05) is 7.11 Å². The van der Waals surface area contributed by atoms with Gasteiger partial charge in [-0.05, 0) is 40.5 Å². The Morgan fingerprint density at radius 2 is 2.25 bits per heavy atom. The molecule has 0 radical (unpaired) electrons. The van der Waals surface area contributed by atoms with Gasteiger partial charge in [0.15, 0.2) is 0 Å². The van der Waals surface area contributed by atoms with E-state index in [0.29, 0.717) is 22.2 Å². The van der Waals surface area contributed by atoms with E-state index < -0.39 is 5.97 Å². The number of halogens is 2. The van der Waals surface area contributed by atoms with E-state index in [9.17, 15) is 9.18 Å². The fraction of sp³-hybridized carbons (Fsp3) is 0.286. The quantitative estimate of drug-likeness (QED) is 0.789. The van der Waals surface area contributed by atoms with Crippen molar-refractivity contribution in [3.8, 4) is 11.5 Å². The van der Waals surface area contributed by atoms with Gasteiger partial charge in [-0.3, -0.25) is 0 Å². The zero-order chi connectivity index (χ0) is 14.7. The molecule has 0 N–H and O–H groups in total. The number of nitrogens with zero attached hydrogens (tertiary/aromatic N) is 1. The van der Waals surface area contributed by atoms with Gasteiger partial charge in [-0.15, -0.1) is 0 Å². The van der Waals surface area contributed by atoms with Crippen LogP contribution in [0.1, 0.15) is 29.6 Å². The van der Waals surface area contributed by atoms with Gasteiger partial charge in [0.05, 0.1) is 18.4 Å². The number of methoxy groups -OCH3 is 1. The Kier molecular flexibility index (Phi) is 4.54. The lowest BCUT2D eigenvalue weighted by Crippen LogP contribution is -2.03. The fourth-order valence-corrected chi connectivity index (χ4v) is 2.31. The third-order valence-electron chi connectivity index (χ3n) is 2.72. The highest BCUT2D eigenvalue weighted by Crippen LogP contribution is 2.30. The van der Waals surface area contributed by atoms with E-state index in [2.05, 4.69) is 25.7 Å². The maximum atomic E-state index is 13.1. The van der Waals surface area contributed by atoms with E-state index in [1.807, 2.05) is 6.92 Å². The number of carbonyl (C=O) groups is 1. The second-order valence-electron chi connectivity index (χ2n) is 4.16. The maximum Gasteiger partial charge on any atom is 0.376 e. The summed E-state index contributed by atoms with van der Waals surface area (Å²) in [5, 5.41) is 0. The Morgan fingerprint density at radius 3 is 2.85 bits per heavy atom. The average Bonchev–Trinajstić information content (AvgIpc) is 2.82. The van der Waals surface area contributed by atoms with Gasteiger partial charge in [-0.1, -0.05) is 13.3 Å². The topological polar surface area (TPSA) is 52.3 Å². The lowest BCUT2D eigenvalue weighted by molar-refractivity contribution is 0.0564. The van der Waals surface area contributed by atoms with Crippen LogP contribution in [0.15, 0.2) is 27.1 Å². The summed E-state index contributed by atoms with van der Waals surface area (Å²) in [4.78, 5) is 16.0. The van der Waals surface area contributed by atoms with Crippen LogP contribution in [0.2, 0.25) is 0 Å². The standard InChI is InChI=1S/C14H13BrFNO3/c1-3-4-11-12(14(18)19-2)20-13(17-11)9-6-5-8(16)7-10(9)15/h5-7H,3-4H2,1-2H3. The van der Waals surface area contributed by atoms with E-state index in [0.717, 1.165) is 6.42 Å². The van der Waals surface area contributed by atoms with Crippen LogP contribution < -0.4 is 0 Å². The zero-order valence-electron chi connectivity index (χ0n) is 11.1. The highest BCUT2D eigenvalue weighted by molar-refractivity contribution is 9.10. The van der Waals surface area contributed by atoms with Crippen LogP contribution in [0.4, 0.5) is 4.39 Å². The molecule has 2 aromatic rings.